The molecule has 1 aliphatic carbocycles. The van der Waals surface area contributed by atoms with Gasteiger partial charge in [-0.25, -0.2) is 0 Å². The molecule has 0 radical (unpaired) electrons. The second-order valence-corrected chi connectivity index (χ2v) is 5.33. The summed E-state index contributed by atoms with van der Waals surface area (Å²) in [6.07, 6.45) is 4.07. The van der Waals surface area contributed by atoms with Crippen LogP contribution in [0.4, 0.5) is 0 Å². The van der Waals surface area contributed by atoms with E-state index < -0.39 is 0 Å². The van der Waals surface area contributed by atoms with E-state index >= 15 is 0 Å². The molecule has 0 spiro atoms. The van der Waals surface area contributed by atoms with Crippen LogP contribution in [0.25, 0.3) is 0 Å². The summed E-state index contributed by atoms with van der Waals surface area (Å²) < 4.78 is 0. The molecular weight excluding hydrogens is 292 g/mol. The lowest BCUT2D eigenvalue weighted by molar-refractivity contribution is 0.488. The molecule has 0 heterocycles. The van der Waals surface area contributed by atoms with Crippen molar-refractivity contribution in [2.24, 2.45) is 16.1 Å². The zero-order valence-electron chi connectivity index (χ0n) is 12.1. The van der Waals surface area contributed by atoms with Gasteiger partial charge >= 0.3 is 0 Å². The molecular formula is C12H22N6S2. The number of nitrogens with zero attached hydrogens (tertiary/aromatic N) is 2. The van der Waals surface area contributed by atoms with Crippen LogP contribution in [0.1, 0.15) is 32.6 Å². The van der Waals surface area contributed by atoms with Gasteiger partial charge in [0.1, 0.15) is 0 Å². The molecule has 6 nitrogen and oxygen atoms in total. The summed E-state index contributed by atoms with van der Waals surface area (Å²) in [4.78, 5) is 0. The van der Waals surface area contributed by atoms with E-state index in [1.54, 1.807) is 14.1 Å². The maximum Gasteiger partial charge on any atom is 0.186 e. The van der Waals surface area contributed by atoms with Gasteiger partial charge in [-0.15, -0.1) is 0 Å². The molecule has 112 valence electrons. The van der Waals surface area contributed by atoms with E-state index in [1.165, 1.54) is 0 Å². The van der Waals surface area contributed by atoms with Crippen molar-refractivity contribution in [2.75, 3.05) is 14.1 Å². The monoisotopic (exact) mass is 314 g/mol. The van der Waals surface area contributed by atoms with Crippen LogP contribution in [0, 0.1) is 5.92 Å². The maximum absolute atomic E-state index is 5.03. The number of hydrogen-bond acceptors (Lipinski definition) is 4. The van der Waals surface area contributed by atoms with Gasteiger partial charge in [-0.3, -0.25) is 10.9 Å². The summed E-state index contributed by atoms with van der Waals surface area (Å²) in [5, 5.41) is 15.3. The van der Waals surface area contributed by atoms with Crippen molar-refractivity contribution < 1.29 is 0 Å². The van der Waals surface area contributed by atoms with Crippen molar-refractivity contribution in [3.63, 3.8) is 0 Å². The van der Waals surface area contributed by atoms with Gasteiger partial charge in [0.25, 0.3) is 0 Å². The molecule has 1 unspecified atom stereocenters. The molecule has 1 atom stereocenters. The molecule has 0 aliphatic heterocycles. The standard InChI is InChI=1S/C12H22N6S2/c1-4-8-5-6-9(15-17-11(19)13-2)10(7-8)16-18-12(20)14-3/h8H,4-7H2,1-3H3,(H2,13,17,19)(H2,14,18,20)/b15-9+,16-10+. The highest BCUT2D eigenvalue weighted by molar-refractivity contribution is 7.80. The molecule has 0 amide bonds. The summed E-state index contributed by atoms with van der Waals surface area (Å²) in [7, 11) is 3.51. The molecule has 0 aromatic carbocycles. The fourth-order valence-electron chi connectivity index (χ4n) is 1.91. The van der Waals surface area contributed by atoms with Gasteiger partial charge in [-0.1, -0.05) is 13.3 Å². The van der Waals surface area contributed by atoms with Gasteiger partial charge in [0.15, 0.2) is 10.2 Å². The van der Waals surface area contributed by atoms with Gasteiger partial charge < -0.3 is 10.6 Å². The third-order valence-corrected chi connectivity index (χ3v) is 3.81. The van der Waals surface area contributed by atoms with Gasteiger partial charge in [0.05, 0.1) is 11.4 Å². The van der Waals surface area contributed by atoms with Crippen molar-refractivity contribution in [1.29, 1.82) is 0 Å². The molecule has 4 N–H and O–H groups in total. The van der Waals surface area contributed by atoms with E-state index in [4.69, 9.17) is 24.4 Å². The Hall–Kier alpha value is -1.28. The average molecular weight is 314 g/mol. The maximum atomic E-state index is 5.03. The van der Waals surface area contributed by atoms with Crippen molar-refractivity contribution in [1.82, 2.24) is 21.5 Å². The quantitative estimate of drug-likeness (QED) is 0.462. The van der Waals surface area contributed by atoms with Crippen molar-refractivity contribution >= 4 is 46.1 Å². The molecule has 0 bridgehead atoms. The summed E-state index contributed by atoms with van der Waals surface area (Å²) in [6.45, 7) is 2.20. The number of hydrazone groups is 2. The van der Waals surface area contributed by atoms with Gasteiger partial charge in [-0.05, 0) is 49.6 Å². The Morgan fingerprint density at radius 2 is 1.65 bits per heavy atom. The first-order valence-corrected chi connectivity index (χ1v) is 7.51. The number of nitrogens with one attached hydrogen (secondary N) is 4. The lowest BCUT2D eigenvalue weighted by Crippen LogP contribution is -2.35. The highest BCUT2D eigenvalue weighted by Gasteiger charge is 2.22. The highest BCUT2D eigenvalue weighted by atomic mass is 32.1. The third-order valence-electron chi connectivity index (χ3n) is 3.22. The van der Waals surface area contributed by atoms with Gasteiger partial charge in [-0.2, -0.15) is 10.2 Å². The van der Waals surface area contributed by atoms with Crippen LogP contribution in [0.15, 0.2) is 10.2 Å². The first-order valence-electron chi connectivity index (χ1n) is 6.69. The molecule has 20 heavy (non-hydrogen) atoms. The molecule has 0 aromatic heterocycles. The van der Waals surface area contributed by atoms with Crippen LogP contribution >= 0.6 is 24.4 Å². The van der Waals surface area contributed by atoms with Crippen LogP contribution in [0.3, 0.4) is 0 Å². The van der Waals surface area contributed by atoms with Crippen LogP contribution in [0.5, 0.6) is 0 Å². The molecule has 0 aromatic rings. The first-order chi connectivity index (χ1) is 9.60. The van der Waals surface area contributed by atoms with E-state index in [-0.39, 0.29) is 0 Å². The van der Waals surface area contributed by atoms with Crippen LogP contribution in [0.2, 0.25) is 0 Å². The summed E-state index contributed by atoms with van der Waals surface area (Å²) in [5.41, 5.74) is 7.51. The zero-order valence-corrected chi connectivity index (χ0v) is 13.7. The van der Waals surface area contributed by atoms with Gasteiger partial charge in [0.2, 0.25) is 0 Å². The molecule has 1 fully saturated rings. The Labute approximate surface area is 130 Å². The summed E-state index contributed by atoms with van der Waals surface area (Å²) in [5.74, 6) is 0.647. The van der Waals surface area contributed by atoms with Crippen LogP contribution in [-0.4, -0.2) is 35.7 Å². The van der Waals surface area contributed by atoms with Crippen molar-refractivity contribution in [2.45, 2.75) is 32.6 Å². The minimum Gasteiger partial charge on any atom is -0.364 e. The van der Waals surface area contributed by atoms with Gasteiger partial charge in [0, 0.05) is 14.1 Å². The topological polar surface area (TPSA) is 72.8 Å². The fraction of sp³-hybridized carbons (Fsp3) is 0.667. The van der Waals surface area contributed by atoms with Crippen LogP contribution < -0.4 is 21.5 Å². The smallest absolute Gasteiger partial charge is 0.186 e. The number of rotatable bonds is 3. The molecule has 1 aliphatic rings. The minimum absolute atomic E-state index is 0.494. The largest absolute Gasteiger partial charge is 0.364 e. The fourth-order valence-corrected chi connectivity index (χ4v) is 2.00. The number of hydrogen-bond donors (Lipinski definition) is 4. The molecule has 1 saturated carbocycles. The summed E-state index contributed by atoms with van der Waals surface area (Å²) in [6, 6.07) is 0. The normalized spacial score (nSPS) is 22.4. The Kier molecular flexibility index (Phi) is 7.38. The van der Waals surface area contributed by atoms with Crippen molar-refractivity contribution in [3.05, 3.63) is 0 Å². The summed E-state index contributed by atoms with van der Waals surface area (Å²) >= 11 is 10.0. The number of thiocarbonyl (C=S) groups is 2. The second-order valence-electron chi connectivity index (χ2n) is 4.52. The SMILES string of the molecule is CCC1CCC(=N\NC(=S)NC)/C(=N/NC(=S)NC)C1. The third kappa shape index (κ3) is 5.38. The van der Waals surface area contributed by atoms with E-state index in [0.29, 0.717) is 16.1 Å². The predicted octanol–water partition coefficient (Wildman–Crippen LogP) is 1.10. The Bertz CT molecular complexity index is 418. The van der Waals surface area contributed by atoms with E-state index in [2.05, 4.69) is 38.6 Å². The Morgan fingerprint density at radius 1 is 1.10 bits per heavy atom. The molecule has 1 rings (SSSR count). The first kappa shape index (κ1) is 16.8. The average Bonchev–Trinajstić information content (AvgIpc) is 2.50. The van der Waals surface area contributed by atoms with E-state index in [1.807, 2.05) is 0 Å². The lowest BCUT2D eigenvalue weighted by atomic mass is 9.85. The van der Waals surface area contributed by atoms with E-state index in [9.17, 15) is 0 Å². The van der Waals surface area contributed by atoms with Crippen LogP contribution in [-0.2, 0) is 0 Å². The second kappa shape index (κ2) is 8.80. The molecule has 0 saturated heterocycles. The lowest BCUT2D eigenvalue weighted by Gasteiger charge is -2.23. The minimum atomic E-state index is 0.494. The Balaban J connectivity index is 2.78. The van der Waals surface area contributed by atoms with E-state index in [0.717, 1.165) is 37.1 Å². The predicted molar refractivity (Wildman–Crippen MR) is 92.1 cm³/mol. The molecule has 8 heteroatoms. The van der Waals surface area contributed by atoms with Crippen molar-refractivity contribution in [3.8, 4) is 0 Å². The highest BCUT2D eigenvalue weighted by Crippen LogP contribution is 2.23. The zero-order chi connectivity index (χ0) is 15.0. The Morgan fingerprint density at radius 3 is 2.15 bits per heavy atom.